The van der Waals surface area contributed by atoms with Crippen LogP contribution in [0.5, 0.6) is 5.75 Å². The number of methoxy groups -OCH3 is 2. The largest absolute Gasteiger partial charge is 0.497 e. The zero-order chi connectivity index (χ0) is 16.5. The minimum absolute atomic E-state index is 0.157. The molecule has 6 nitrogen and oxygen atoms in total. The number of amides is 1. The minimum Gasteiger partial charge on any atom is -0.497 e. The summed E-state index contributed by atoms with van der Waals surface area (Å²) in [7, 11) is 5.00. The van der Waals surface area contributed by atoms with Gasteiger partial charge in [-0.25, -0.2) is 0 Å². The molecule has 1 aromatic rings. The van der Waals surface area contributed by atoms with Gasteiger partial charge in [-0.2, -0.15) is 4.99 Å². The molecule has 0 aromatic heterocycles. The molecule has 1 aromatic carbocycles. The number of nitrogens with zero attached hydrogens (tertiary/aromatic N) is 2. The maximum atomic E-state index is 12.2. The van der Waals surface area contributed by atoms with E-state index < -0.39 is 0 Å². The first kappa shape index (κ1) is 18.0. The zero-order valence-electron chi connectivity index (χ0n) is 13.8. The molecule has 0 radical (unpaired) electrons. The molecule has 0 spiro atoms. The second kappa shape index (κ2) is 9.04. The van der Waals surface area contributed by atoms with Gasteiger partial charge in [0.05, 0.1) is 13.7 Å². The third kappa shape index (κ3) is 5.37. The summed E-state index contributed by atoms with van der Waals surface area (Å²) in [6.45, 7) is 4.75. The molecular weight excluding hydrogens is 284 g/mol. The lowest BCUT2D eigenvalue weighted by molar-refractivity contribution is 0.0981. The van der Waals surface area contributed by atoms with E-state index in [0.717, 1.165) is 0 Å². The molecule has 0 N–H and O–H groups in total. The third-order valence-corrected chi connectivity index (χ3v) is 3.13. The minimum atomic E-state index is -0.359. The fourth-order valence-electron chi connectivity index (χ4n) is 1.54. The van der Waals surface area contributed by atoms with Crippen LogP contribution in [0.3, 0.4) is 0 Å². The molecule has 22 heavy (non-hydrogen) atoms. The highest BCUT2D eigenvalue weighted by Crippen LogP contribution is 2.12. The van der Waals surface area contributed by atoms with Crippen molar-refractivity contribution in [1.82, 2.24) is 4.90 Å². The Balaban J connectivity index is 2.89. The molecule has 0 unspecified atom stereocenters. The summed E-state index contributed by atoms with van der Waals surface area (Å²) < 4.78 is 15.6. The van der Waals surface area contributed by atoms with Gasteiger partial charge in [-0.05, 0) is 38.1 Å². The van der Waals surface area contributed by atoms with Crippen LogP contribution in [-0.4, -0.2) is 57.4 Å². The lowest BCUT2D eigenvalue weighted by Crippen LogP contribution is -2.36. The van der Waals surface area contributed by atoms with Crippen LogP contribution in [0.4, 0.5) is 0 Å². The molecule has 0 heterocycles. The van der Waals surface area contributed by atoms with Gasteiger partial charge in [0.15, 0.2) is 0 Å². The van der Waals surface area contributed by atoms with Crippen LogP contribution in [0, 0.1) is 0 Å². The third-order valence-electron chi connectivity index (χ3n) is 3.13. The lowest BCUT2D eigenvalue weighted by atomic mass is 10.2. The Morgan fingerprint density at radius 1 is 1.18 bits per heavy atom. The maximum Gasteiger partial charge on any atom is 0.295 e. The molecule has 0 atom stereocenters. The van der Waals surface area contributed by atoms with Gasteiger partial charge in [0.1, 0.15) is 12.4 Å². The van der Waals surface area contributed by atoms with Crippen molar-refractivity contribution < 1.29 is 19.0 Å². The van der Waals surface area contributed by atoms with Gasteiger partial charge in [0.2, 0.25) is 0 Å². The quantitative estimate of drug-likeness (QED) is 0.458. The number of ether oxygens (including phenoxy) is 3. The van der Waals surface area contributed by atoms with Gasteiger partial charge in [-0.3, -0.25) is 4.79 Å². The Bertz CT molecular complexity index is 497. The molecule has 1 rings (SSSR count). The number of hydrogen-bond acceptors (Lipinski definition) is 4. The van der Waals surface area contributed by atoms with Crippen molar-refractivity contribution in [2.75, 3.05) is 34.5 Å². The van der Waals surface area contributed by atoms with Gasteiger partial charge in [0.25, 0.3) is 11.9 Å². The number of rotatable bonds is 6. The molecular formula is C16H24N2O4. The van der Waals surface area contributed by atoms with Crippen molar-refractivity contribution in [2.45, 2.75) is 19.9 Å². The first-order chi connectivity index (χ1) is 10.5. The highest BCUT2D eigenvalue weighted by Gasteiger charge is 2.15. The van der Waals surface area contributed by atoms with Crippen molar-refractivity contribution in [3.63, 3.8) is 0 Å². The van der Waals surface area contributed by atoms with Crippen molar-refractivity contribution in [3.8, 4) is 5.75 Å². The second-order valence-electron chi connectivity index (χ2n) is 4.97. The number of carbonyl (C=O) groups excluding carboxylic acids is 1. The average Bonchev–Trinajstić information content (AvgIpc) is 2.53. The van der Waals surface area contributed by atoms with Gasteiger partial charge in [-0.15, -0.1) is 0 Å². The first-order valence-corrected chi connectivity index (χ1v) is 7.11. The molecule has 122 valence electrons. The van der Waals surface area contributed by atoms with E-state index in [-0.39, 0.29) is 18.0 Å². The highest BCUT2D eigenvalue weighted by atomic mass is 16.5. The van der Waals surface area contributed by atoms with Crippen LogP contribution in [0.15, 0.2) is 29.3 Å². The van der Waals surface area contributed by atoms with Gasteiger partial charge in [0, 0.05) is 25.8 Å². The molecule has 6 heteroatoms. The number of amidine groups is 1. The molecule has 0 aliphatic rings. The zero-order valence-corrected chi connectivity index (χ0v) is 13.8. The fraction of sp³-hybridized carbons (Fsp3) is 0.500. The predicted octanol–water partition coefficient (Wildman–Crippen LogP) is 2.19. The summed E-state index contributed by atoms with van der Waals surface area (Å²) >= 11 is 0. The summed E-state index contributed by atoms with van der Waals surface area (Å²) in [5.41, 5.74) is 0.478. The van der Waals surface area contributed by atoms with Crippen LogP contribution in [0.25, 0.3) is 0 Å². The maximum absolute atomic E-state index is 12.2. The monoisotopic (exact) mass is 308 g/mol. The second-order valence-corrected chi connectivity index (χ2v) is 4.97. The fourth-order valence-corrected chi connectivity index (χ4v) is 1.54. The summed E-state index contributed by atoms with van der Waals surface area (Å²) in [6.07, 6.45) is 0. The van der Waals surface area contributed by atoms with E-state index in [4.69, 9.17) is 14.2 Å². The predicted molar refractivity (Wildman–Crippen MR) is 85.5 cm³/mol. The molecule has 0 aliphatic heterocycles. The Morgan fingerprint density at radius 2 is 1.82 bits per heavy atom. The van der Waals surface area contributed by atoms with E-state index in [1.165, 1.54) is 0 Å². The highest BCUT2D eigenvalue weighted by molar-refractivity contribution is 6.01. The van der Waals surface area contributed by atoms with E-state index >= 15 is 0 Å². The molecule has 0 fully saturated rings. The van der Waals surface area contributed by atoms with E-state index in [0.29, 0.717) is 24.5 Å². The first-order valence-electron chi connectivity index (χ1n) is 7.11. The molecule has 0 saturated heterocycles. The Kier molecular flexibility index (Phi) is 7.39. The average molecular weight is 308 g/mol. The van der Waals surface area contributed by atoms with Crippen molar-refractivity contribution in [1.29, 1.82) is 0 Å². The Hall–Kier alpha value is -2.08. The van der Waals surface area contributed by atoms with Crippen molar-refractivity contribution in [2.24, 2.45) is 4.99 Å². The van der Waals surface area contributed by atoms with Crippen molar-refractivity contribution >= 4 is 11.9 Å². The summed E-state index contributed by atoms with van der Waals surface area (Å²) in [6, 6.07) is 7.23. The van der Waals surface area contributed by atoms with E-state index in [2.05, 4.69) is 4.99 Å². The van der Waals surface area contributed by atoms with Gasteiger partial charge >= 0.3 is 0 Å². The smallest absolute Gasteiger partial charge is 0.295 e. The molecule has 0 bridgehead atoms. The summed E-state index contributed by atoms with van der Waals surface area (Å²) in [5.74, 6) is 0.332. The standard InChI is InChI=1S/C16H24N2O4/c1-12(2)18(3)16(22-11-10-20-4)17-15(19)13-6-8-14(21-5)9-7-13/h6-9,12H,10-11H2,1-5H3. The van der Waals surface area contributed by atoms with E-state index in [1.54, 1.807) is 43.4 Å². The number of aliphatic imine (C=N–C) groups is 1. The molecule has 0 saturated carbocycles. The molecule has 0 aliphatic carbocycles. The topological polar surface area (TPSA) is 60.4 Å². The number of benzene rings is 1. The number of carbonyl (C=O) groups is 1. The van der Waals surface area contributed by atoms with Crippen LogP contribution >= 0.6 is 0 Å². The van der Waals surface area contributed by atoms with Crippen molar-refractivity contribution in [3.05, 3.63) is 29.8 Å². The SMILES string of the molecule is COCCOC(=NC(=O)c1ccc(OC)cc1)N(C)C(C)C. The summed E-state index contributed by atoms with van der Waals surface area (Å²) in [5, 5.41) is 0. The van der Waals surface area contributed by atoms with Crippen LogP contribution in [0.2, 0.25) is 0 Å². The van der Waals surface area contributed by atoms with Crippen LogP contribution in [-0.2, 0) is 9.47 Å². The Labute approximate surface area is 131 Å². The van der Waals surface area contributed by atoms with Crippen LogP contribution in [0.1, 0.15) is 24.2 Å². The molecule has 1 amide bonds. The summed E-state index contributed by atoms with van der Waals surface area (Å²) in [4.78, 5) is 18.1. The Morgan fingerprint density at radius 3 is 2.32 bits per heavy atom. The normalized spacial score (nSPS) is 11.5. The lowest BCUT2D eigenvalue weighted by Gasteiger charge is -2.24. The van der Waals surface area contributed by atoms with E-state index in [9.17, 15) is 4.79 Å². The van der Waals surface area contributed by atoms with E-state index in [1.807, 2.05) is 20.9 Å². The van der Waals surface area contributed by atoms with Gasteiger partial charge < -0.3 is 19.1 Å². The number of hydrogen-bond donors (Lipinski definition) is 0. The van der Waals surface area contributed by atoms with Gasteiger partial charge in [-0.1, -0.05) is 0 Å². The van der Waals surface area contributed by atoms with Crippen LogP contribution < -0.4 is 4.74 Å².